The fourth-order valence-corrected chi connectivity index (χ4v) is 0.419. The molecule has 0 aliphatic heterocycles. The van der Waals surface area contributed by atoms with Crippen LogP contribution in [-0.4, -0.2) is 10.2 Å². The van der Waals surface area contributed by atoms with E-state index >= 15 is 0 Å². The van der Waals surface area contributed by atoms with Crippen LogP contribution in [-0.2, 0) is 19.5 Å². The third kappa shape index (κ3) is 2.02. The number of para-hydroxylation sites is 1. The summed E-state index contributed by atoms with van der Waals surface area (Å²) in [5.74, 6) is -0.333. The first kappa shape index (κ1) is 8.44. The zero-order valence-electron chi connectivity index (χ0n) is 4.83. The van der Waals surface area contributed by atoms with Crippen molar-refractivity contribution in [3.05, 3.63) is 24.3 Å². The van der Waals surface area contributed by atoms with Crippen LogP contribution in [0.15, 0.2) is 18.2 Å². The van der Waals surface area contributed by atoms with Crippen molar-refractivity contribution in [2.75, 3.05) is 0 Å². The van der Waals surface area contributed by atoms with Crippen molar-refractivity contribution in [1.29, 1.82) is 0 Å². The Morgan fingerprint density at radius 1 is 1.33 bits per heavy atom. The van der Waals surface area contributed by atoms with Gasteiger partial charge in [0.05, 0.1) is 0 Å². The standard InChI is InChI=1S/C6H5O2.Zn/c7-5-3-1-2-4-6(5)8;/h1-3,7-8H;/q-1;. The molecule has 2 N–H and O–H groups in total. The number of aromatic hydroxyl groups is 2. The van der Waals surface area contributed by atoms with E-state index in [1.165, 1.54) is 12.1 Å². The molecular formula is C6H5O2Zn-. The molecule has 0 fully saturated rings. The Hall–Kier alpha value is -0.557. The maximum Gasteiger partial charge on any atom is 0.0442 e. The van der Waals surface area contributed by atoms with Crippen LogP contribution >= 0.6 is 0 Å². The monoisotopic (exact) mass is 173 g/mol. The number of phenolic OH excluding ortho intramolecular Hbond substituents is 2. The topological polar surface area (TPSA) is 40.5 Å². The molecule has 9 heavy (non-hydrogen) atoms. The molecule has 0 radical (unpaired) electrons. The van der Waals surface area contributed by atoms with Crippen molar-refractivity contribution < 1.29 is 29.7 Å². The second-order valence-electron chi connectivity index (χ2n) is 1.40. The molecule has 0 aliphatic rings. The summed E-state index contributed by atoms with van der Waals surface area (Å²) in [6.45, 7) is 0. The molecule has 0 heterocycles. The van der Waals surface area contributed by atoms with Gasteiger partial charge < -0.3 is 10.2 Å². The van der Waals surface area contributed by atoms with Gasteiger partial charge in [-0.1, -0.05) is 0 Å². The van der Waals surface area contributed by atoms with E-state index in [2.05, 4.69) is 6.07 Å². The van der Waals surface area contributed by atoms with Crippen molar-refractivity contribution in [1.82, 2.24) is 0 Å². The van der Waals surface area contributed by atoms with Crippen LogP contribution in [0.3, 0.4) is 0 Å². The molecule has 1 rings (SSSR count). The van der Waals surface area contributed by atoms with Gasteiger partial charge in [-0.25, -0.2) is 0 Å². The van der Waals surface area contributed by atoms with Crippen molar-refractivity contribution in [3.63, 3.8) is 0 Å². The first-order valence-electron chi connectivity index (χ1n) is 2.19. The molecule has 0 saturated carbocycles. The van der Waals surface area contributed by atoms with Gasteiger partial charge >= 0.3 is 0 Å². The summed E-state index contributed by atoms with van der Waals surface area (Å²) in [6, 6.07) is 6.91. The van der Waals surface area contributed by atoms with Gasteiger partial charge in [0.1, 0.15) is 0 Å². The summed E-state index contributed by atoms with van der Waals surface area (Å²) in [5, 5.41) is 17.3. The molecular weight excluding hydrogens is 169 g/mol. The second-order valence-corrected chi connectivity index (χ2v) is 1.40. The van der Waals surface area contributed by atoms with Gasteiger partial charge in [0.2, 0.25) is 0 Å². The quantitative estimate of drug-likeness (QED) is 0.349. The van der Waals surface area contributed by atoms with Crippen molar-refractivity contribution >= 4 is 0 Å². The van der Waals surface area contributed by atoms with E-state index in [1.807, 2.05) is 0 Å². The number of rotatable bonds is 0. The Morgan fingerprint density at radius 2 is 2.00 bits per heavy atom. The van der Waals surface area contributed by atoms with Crippen LogP contribution in [0.5, 0.6) is 11.5 Å². The number of benzene rings is 1. The molecule has 0 atom stereocenters. The van der Waals surface area contributed by atoms with Gasteiger partial charge in [0.25, 0.3) is 0 Å². The van der Waals surface area contributed by atoms with Gasteiger partial charge in [-0.15, -0.1) is 12.1 Å². The molecule has 44 valence electrons. The van der Waals surface area contributed by atoms with Crippen LogP contribution in [0.4, 0.5) is 0 Å². The van der Waals surface area contributed by atoms with Gasteiger partial charge in [0, 0.05) is 31.0 Å². The van der Waals surface area contributed by atoms with Gasteiger partial charge in [0.15, 0.2) is 0 Å². The SMILES string of the molecule is Oc1[c-]cccc1O.[Zn]. The van der Waals surface area contributed by atoms with E-state index in [0.29, 0.717) is 0 Å². The summed E-state index contributed by atoms with van der Waals surface area (Å²) in [5.41, 5.74) is 0. The summed E-state index contributed by atoms with van der Waals surface area (Å²) >= 11 is 0. The molecule has 0 aromatic heterocycles. The van der Waals surface area contributed by atoms with Crippen LogP contribution in [0.25, 0.3) is 0 Å². The Balaban J connectivity index is 0.000000640. The first-order chi connectivity index (χ1) is 3.80. The van der Waals surface area contributed by atoms with Gasteiger partial charge in [-0.3, -0.25) is 0 Å². The summed E-state index contributed by atoms with van der Waals surface area (Å²) < 4.78 is 0. The van der Waals surface area contributed by atoms with E-state index in [4.69, 9.17) is 10.2 Å². The summed E-state index contributed by atoms with van der Waals surface area (Å²) in [6.07, 6.45) is 0. The average molecular weight is 174 g/mol. The minimum absolute atomic E-state index is 0. The third-order valence-electron chi connectivity index (χ3n) is 0.813. The van der Waals surface area contributed by atoms with E-state index < -0.39 is 0 Å². The summed E-state index contributed by atoms with van der Waals surface area (Å²) in [7, 11) is 0. The third-order valence-corrected chi connectivity index (χ3v) is 0.813. The average Bonchev–Trinajstić information content (AvgIpc) is 1.77. The smallest absolute Gasteiger partial charge is 0.0442 e. The zero-order valence-corrected chi connectivity index (χ0v) is 7.80. The molecule has 3 heteroatoms. The zero-order chi connectivity index (χ0) is 5.98. The molecule has 1 aromatic carbocycles. The second kappa shape index (κ2) is 3.47. The predicted octanol–water partition coefficient (Wildman–Crippen LogP) is 0.895. The Kier molecular flexibility index (Phi) is 3.25. The number of hydrogen-bond acceptors (Lipinski definition) is 2. The van der Waals surface area contributed by atoms with Gasteiger partial charge in [-0.2, -0.15) is 12.1 Å². The molecule has 2 nitrogen and oxygen atoms in total. The van der Waals surface area contributed by atoms with Crippen molar-refractivity contribution in [2.45, 2.75) is 0 Å². The van der Waals surface area contributed by atoms with Crippen molar-refractivity contribution in [2.24, 2.45) is 0 Å². The van der Waals surface area contributed by atoms with Gasteiger partial charge in [-0.05, 0) is 0 Å². The van der Waals surface area contributed by atoms with Crippen LogP contribution < -0.4 is 0 Å². The molecule has 0 unspecified atom stereocenters. The fraction of sp³-hybridized carbons (Fsp3) is 0. The Labute approximate surface area is 65.9 Å². The molecule has 0 saturated heterocycles. The van der Waals surface area contributed by atoms with Crippen LogP contribution in [0.2, 0.25) is 0 Å². The molecule has 0 amide bonds. The maximum atomic E-state index is 8.64. The maximum absolute atomic E-state index is 8.64. The van der Waals surface area contributed by atoms with Crippen molar-refractivity contribution in [3.8, 4) is 11.5 Å². The molecule has 0 aliphatic carbocycles. The summed E-state index contributed by atoms with van der Waals surface area (Å²) in [4.78, 5) is 0. The van der Waals surface area contributed by atoms with E-state index in [0.717, 1.165) is 0 Å². The normalized spacial score (nSPS) is 8.00. The number of hydrogen-bond donors (Lipinski definition) is 2. The first-order valence-corrected chi connectivity index (χ1v) is 2.19. The van der Waals surface area contributed by atoms with Crippen LogP contribution in [0.1, 0.15) is 0 Å². The van der Waals surface area contributed by atoms with Crippen LogP contribution in [0, 0.1) is 6.07 Å². The largest absolute Gasteiger partial charge is 0.562 e. The Morgan fingerprint density at radius 3 is 2.33 bits per heavy atom. The fourth-order valence-electron chi connectivity index (χ4n) is 0.419. The molecule has 0 bridgehead atoms. The van der Waals surface area contributed by atoms with E-state index in [1.54, 1.807) is 6.07 Å². The Bertz CT molecular complexity index is 167. The van der Waals surface area contributed by atoms with E-state index in [-0.39, 0.29) is 31.0 Å². The minimum atomic E-state index is -0.201. The van der Waals surface area contributed by atoms with E-state index in [9.17, 15) is 0 Å². The minimum Gasteiger partial charge on any atom is -0.562 e. The molecule has 1 aromatic rings. The number of phenols is 2. The molecule has 0 spiro atoms. The predicted molar refractivity (Wildman–Crippen MR) is 28.6 cm³/mol.